The van der Waals surface area contributed by atoms with Gasteiger partial charge in [0.1, 0.15) is 0 Å². The first-order valence-corrected chi connectivity index (χ1v) is 23.5. The van der Waals surface area contributed by atoms with Gasteiger partial charge in [-0.15, -0.1) is 0 Å². The molecule has 2 nitrogen and oxygen atoms in total. The quantitative estimate of drug-likeness (QED) is 0.163. The Hall–Kier alpha value is -8.85. The van der Waals surface area contributed by atoms with Crippen molar-refractivity contribution in [1.82, 2.24) is 9.55 Å². The molecule has 2 heterocycles. The zero-order valence-electron chi connectivity index (χ0n) is 37.1. The number of para-hydroxylation sites is 2. The van der Waals surface area contributed by atoms with Gasteiger partial charge in [-0.25, -0.2) is 4.98 Å². The van der Waals surface area contributed by atoms with Crippen molar-refractivity contribution in [2.45, 2.75) is 5.41 Å². The maximum atomic E-state index is 5.18. The van der Waals surface area contributed by atoms with E-state index in [1.807, 2.05) is 0 Å². The van der Waals surface area contributed by atoms with Crippen LogP contribution in [0.1, 0.15) is 22.3 Å². The third-order valence-electron chi connectivity index (χ3n) is 14.6. The first-order valence-electron chi connectivity index (χ1n) is 23.5. The lowest BCUT2D eigenvalue weighted by Crippen LogP contribution is -2.26. The number of rotatable bonds is 6. The summed E-state index contributed by atoms with van der Waals surface area (Å²) in [6, 6.07) is 93.7. The minimum Gasteiger partial charge on any atom is -0.309 e. The molecule has 10 aromatic carbocycles. The highest BCUT2D eigenvalue weighted by molar-refractivity contribution is 6.09. The summed E-state index contributed by atoms with van der Waals surface area (Å²) in [6.07, 6.45) is 0. The van der Waals surface area contributed by atoms with Crippen molar-refractivity contribution in [3.05, 3.63) is 277 Å². The summed E-state index contributed by atoms with van der Waals surface area (Å²) in [5.41, 5.74) is 24.7. The SMILES string of the molecule is c1ccc(-c2cc(-c3cccc(-c4ccc5c(c4)C4(c6ccccc6-c6ccccc64)c4cc(-c6cccc(-n7c8ccccc8c8ccccc87)c6)ccc4-5)c3)cc(-c3ccccc3)n2)cc1. The summed E-state index contributed by atoms with van der Waals surface area (Å²) in [4.78, 5) is 5.18. The number of benzene rings is 10. The fraction of sp³-hybridized carbons (Fsp3) is 0.0152. The second-order valence-corrected chi connectivity index (χ2v) is 18.2. The zero-order valence-corrected chi connectivity index (χ0v) is 37.1. The van der Waals surface area contributed by atoms with Gasteiger partial charge in [0.25, 0.3) is 0 Å². The van der Waals surface area contributed by atoms with Crippen LogP contribution >= 0.6 is 0 Å². The van der Waals surface area contributed by atoms with Crippen LogP contribution in [0.5, 0.6) is 0 Å². The number of hydrogen-bond donors (Lipinski definition) is 0. The summed E-state index contributed by atoms with van der Waals surface area (Å²) < 4.78 is 2.41. The van der Waals surface area contributed by atoms with E-state index < -0.39 is 5.41 Å². The standard InChI is InChI=1S/C66H42N2/c1-3-17-43(18-4-1)62-41-50(42-63(67-62)44-19-5-2-6-20-44)46-22-15-21-45(37-46)48-33-35-54-55-36-34-49(40-61(55)66(60(54)39-48)58-29-11-7-25-52(58)53-26-8-12-30-59(53)66)47-23-16-24-51(38-47)68-64-31-13-9-27-56(64)57-28-10-14-32-65(57)68/h1-42H. The molecule has 68 heavy (non-hydrogen) atoms. The number of nitrogens with zero attached hydrogens (tertiary/aromatic N) is 2. The van der Waals surface area contributed by atoms with Crippen molar-refractivity contribution in [2.24, 2.45) is 0 Å². The molecule has 2 aromatic heterocycles. The van der Waals surface area contributed by atoms with E-state index in [0.29, 0.717) is 0 Å². The largest absolute Gasteiger partial charge is 0.309 e. The molecule has 0 unspecified atom stereocenters. The van der Waals surface area contributed by atoms with Crippen molar-refractivity contribution in [2.75, 3.05) is 0 Å². The molecule has 0 fully saturated rings. The Labute approximate surface area is 395 Å². The number of fused-ring (bicyclic) bond motifs is 13. The molecule has 2 aliphatic rings. The topological polar surface area (TPSA) is 17.8 Å². The molecule has 14 rings (SSSR count). The van der Waals surface area contributed by atoms with E-state index in [1.165, 1.54) is 88.6 Å². The fourth-order valence-corrected chi connectivity index (χ4v) is 11.6. The van der Waals surface area contributed by atoms with E-state index in [0.717, 1.165) is 39.3 Å². The highest BCUT2D eigenvalue weighted by Crippen LogP contribution is 2.63. The summed E-state index contributed by atoms with van der Waals surface area (Å²) in [7, 11) is 0. The lowest BCUT2D eigenvalue weighted by Gasteiger charge is -2.31. The molecule has 0 radical (unpaired) electrons. The lowest BCUT2D eigenvalue weighted by atomic mass is 9.70. The maximum Gasteiger partial charge on any atom is 0.0725 e. The van der Waals surface area contributed by atoms with E-state index in [9.17, 15) is 0 Å². The Kier molecular flexibility index (Phi) is 8.53. The Morgan fingerprint density at radius 2 is 0.676 bits per heavy atom. The number of aromatic nitrogens is 2. The van der Waals surface area contributed by atoms with Gasteiger partial charge in [-0.1, -0.05) is 200 Å². The van der Waals surface area contributed by atoms with Crippen molar-refractivity contribution >= 4 is 21.8 Å². The number of hydrogen-bond acceptors (Lipinski definition) is 1. The summed E-state index contributed by atoms with van der Waals surface area (Å²) in [6.45, 7) is 0. The van der Waals surface area contributed by atoms with Crippen molar-refractivity contribution < 1.29 is 0 Å². The summed E-state index contributed by atoms with van der Waals surface area (Å²) in [5.74, 6) is 0. The van der Waals surface area contributed by atoms with Crippen LogP contribution in [0.3, 0.4) is 0 Å². The molecule has 2 aliphatic carbocycles. The van der Waals surface area contributed by atoms with Crippen LogP contribution in [0.15, 0.2) is 255 Å². The van der Waals surface area contributed by atoms with Crippen LogP contribution in [0.4, 0.5) is 0 Å². The second kappa shape index (κ2) is 15.1. The van der Waals surface area contributed by atoms with Crippen LogP contribution in [0.25, 0.3) is 106 Å². The molecular formula is C66H42N2. The smallest absolute Gasteiger partial charge is 0.0725 e. The van der Waals surface area contributed by atoms with Crippen LogP contribution in [0, 0.1) is 0 Å². The predicted molar refractivity (Wildman–Crippen MR) is 282 cm³/mol. The van der Waals surface area contributed by atoms with Crippen LogP contribution < -0.4 is 0 Å². The zero-order chi connectivity index (χ0) is 44.8. The van der Waals surface area contributed by atoms with E-state index in [1.54, 1.807) is 0 Å². The molecule has 0 amide bonds. The van der Waals surface area contributed by atoms with Gasteiger partial charge in [0, 0.05) is 27.6 Å². The van der Waals surface area contributed by atoms with Gasteiger partial charge in [-0.2, -0.15) is 0 Å². The second-order valence-electron chi connectivity index (χ2n) is 18.2. The molecule has 2 heteroatoms. The Morgan fingerprint density at radius 3 is 1.24 bits per heavy atom. The molecule has 0 saturated heterocycles. The summed E-state index contributed by atoms with van der Waals surface area (Å²) >= 11 is 0. The fourth-order valence-electron chi connectivity index (χ4n) is 11.6. The third-order valence-corrected chi connectivity index (χ3v) is 14.6. The lowest BCUT2D eigenvalue weighted by molar-refractivity contribution is 0.794. The molecule has 316 valence electrons. The predicted octanol–water partition coefficient (Wildman–Crippen LogP) is 16.9. The van der Waals surface area contributed by atoms with Gasteiger partial charge in [-0.3, -0.25) is 0 Å². The minimum atomic E-state index is -0.508. The van der Waals surface area contributed by atoms with Gasteiger partial charge in [-0.05, 0) is 132 Å². The molecule has 0 saturated carbocycles. The molecule has 1 spiro atoms. The van der Waals surface area contributed by atoms with E-state index >= 15 is 0 Å². The van der Waals surface area contributed by atoms with Crippen molar-refractivity contribution in [1.29, 1.82) is 0 Å². The third kappa shape index (κ3) is 5.74. The molecule has 0 aliphatic heterocycles. The van der Waals surface area contributed by atoms with E-state index in [-0.39, 0.29) is 0 Å². The van der Waals surface area contributed by atoms with Gasteiger partial charge in [0.2, 0.25) is 0 Å². The monoisotopic (exact) mass is 862 g/mol. The first kappa shape index (κ1) is 38.4. The maximum absolute atomic E-state index is 5.18. The van der Waals surface area contributed by atoms with E-state index in [2.05, 4.69) is 259 Å². The van der Waals surface area contributed by atoms with Crippen LogP contribution in [-0.2, 0) is 5.41 Å². The van der Waals surface area contributed by atoms with Gasteiger partial charge in [0.05, 0.1) is 27.8 Å². The highest BCUT2D eigenvalue weighted by Gasteiger charge is 2.51. The molecular weight excluding hydrogens is 821 g/mol. The van der Waals surface area contributed by atoms with Gasteiger partial charge >= 0.3 is 0 Å². The average Bonchev–Trinajstić information content (AvgIpc) is 4.03. The Balaban J connectivity index is 0.931. The molecule has 0 N–H and O–H groups in total. The molecule has 0 bridgehead atoms. The van der Waals surface area contributed by atoms with Crippen LogP contribution in [0.2, 0.25) is 0 Å². The Morgan fingerprint density at radius 1 is 0.265 bits per heavy atom. The summed E-state index contributed by atoms with van der Waals surface area (Å²) in [5, 5.41) is 2.53. The van der Waals surface area contributed by atoms with Gasteiger partial charge in [0.15, 0.2) is 0 Å². The number of pyridine rings is 1. The van der Waals surface area contributed by atoms with Crippen LogP contribution in [-0.4, -0.2) is 9.55 Å². The van der Waals surface area contributed by atoms with Crippen molar-refractivity contribution in [3.8, 4) is 83.8 Å². The normalized spacial score (nSPS) is 12.8. The average molecular weight is 863 g/mol. The van der Waals surface area contributed by atoms with E-state index in [4.69, 9.17) is 4.98 Å². The Bertz CT molecular complexity index is 3810. The van der Waals surface area contributed by atoms with Crippen molar-refractivity contribution in [3.63, 3.8) is 0 Å². The first-order chi connectivity index (χ1) is 33.7. The molecule has 0 atom stereocenters. The minimum absolute atomic E-state index is 0.508. The molecule has 12 aromatic rings. The van der Waals surface area contributed by atoms with Gasteiger partial charge < -0.3 is 4.57 Å². The highest BCUT2D eigenvalue weighted by atomic mass is 15.0.